The van der Waals surface area contributed by atoms with Crippen molar-refractivity contribution in [2.24, 2.45) is 5.84 Å². The summed E-state index contributed by atoms with van der Waals surface area (Å²) in [4.78, 5) is 17.7. The summed E-state index contributed by atoms with van der Waals surface area (Å²) in [6.45, 7) is 5.58. The van der Waals surface area contributed by atoms with E-state index in [-0.39, 0.29) is 17.6 Å². The molecule has 4 aromatic rings. The molecule has 1 heterocycles. The highest BCUT2D eigenvalue weighted by Gasteiger charge is 2.31. The van der Waals surface area contributed by atoms with Crippen molar-refractivity contribution in [1.29, 1.82) is 0 Å². The average molecular weight is 565 g/mol. The summed E-state index contributed by atoms with van der Waals surface area (Å²) in [6, 6.07) is 16.5. The van der Waals surface area contributed by atoms with Gasteiger partial charge in [-0.05, 0) is 79.7 Å². The van der Waals surface area contributed by atoms with E-state index in [4.69, 9.17) is 15.3 Å². The number of ether oxygens (including phenoxy) is 2. The zero-order valence-corrected chi connectivity index (χ0v) is 23.3. The lowest BCUT2D eigenvalue weighted by atomic mass is 10.0. The van der Waals surface area contributed by atoms with Crippen LogP contribution in [0.15, 0.2) is 84.0 Å². The van der Waals surface area contributed by atoms with E-state index >= 15 is 0 Å². The van der Waals surface area contributed by atoms with E-state index in [0.717, 1.165) is 10.8 Å². The van der Waals surface area contributed by atoms with Gasteiger partial charge in [0.2, 0.25) is 0 Å². The number of aromatic nitrogens is 1. The Hall–Kier alpha value is -4.19. The Morgan fingerprint density at radius 1 is 1.05 bits per heavy atom. The molecule has 0 aliphatic heterocycles. The fraction of sp³-hybridized carbons (Fsp3) is 0.241. The number of nitrogens with one attached hydrogen (secondary N) is 1. The van der Waals surface area contributed by atoms with E-state index in [1.54, 1.807) is 48.8 Å². The number of aliphatic hydroxyl groups excluding tert-OH is 1. The molecule has 0 fully saturated rings. The molecule has 0 saturated carbocycles. The van der Waals surface area contributed by atoms with E-state index in [0.29, 0.717) is 34.9 Å². The zero-order valence-electron chi connectivity index (χ0n) is 22.4. The first-order valence-corrected chi connectivity index (χ1v) is 14.2. The highest BCUT2D eigenvalue weighted by molar-refractivity contribution is 7.90. The van der Waals surface area contributed by atoms with Crippen molar-refractivity contribution in [3.05, 3.63) is 90.3 Å². The molecule has 1 atom stereocenters. The Morgan fingerprint density at radius 3 is 2.58 bits per heavy atom. The predicted octanol–water partition coefficient (Wildman–Crippen LogP) is 3.84. The molecule has 1 aromatic heterocycles. The third-order valence-corrected chi connectivity index (χ3v) is 7.37. The third kappa shape index (κ3) is 6.50. The summed E-state index contributed by atoms with van der Waals surface area (Å²) in [5, 5.41) is 12.4. The molecule has 1 amide bonds. The van der Waals surface area contributed by atoms with Crippen molar-refractivity contribution in [1.82, 2.24) is 9.71 Å². The van der Waals surface area contributed by atoms with Gasteiger partial charge in [-0.25, -0.2) is 19.0 Å². The molecule has 0 bridgehead atoms. The van der Waals surface area contributed by atoms with Gasteiger partial charge in [-0.2, -0.15) is 0 Å². The third-order valence-electron chi connectivity index (χ3n) is 6.02. The Balaban J connectivity index is 1.78. The largest absolute Gasteiger partial charge is 0.490 e. The molecule has 0 spiro atoms. The quantitative estimate of drug-likeness (QED) is 0.183. The summed E-state index contributed by atoms with van der Waals surface area (Å²) in [5.74, 6) is 6.56. The molecule has 210 valence electrons. The van der Waals surface area contributed by atoms with Gasteiger partial charge in [0.25, 0.3) is 15.9 Å². The van der Waals surface area contributed by atoms with Crippen molar-refractivity contribution in [2.45, 2.75) is 44.4 Å². The van der Waals surface area contributed by atoms with Crippen molar-refractivity contribution in [3.8, 4) is 11.5 Å². The maximum Gasteiger partial charge on any atom is 0.264 e. The fourth-order valence-corrected chi connectivity index (χ4v) is 5.25. The first-order chi connectivity index (χ1) is 19.1. The Morgan fingerprint density at radius 2 is 1.85 bits per heavy atom. The molecule has 10 nitrogen and oxygen atoms in total. The van der Waals surface area contributed by atoms with Gasteiger partial charge in [0, 0.05) is 17.8 Å². The second-order valence-corrected chi connectivity index (χ2v) is 11.0. The summed E-state index contributed by atoms with van der Waals surface area (Å²) >= 11 is 0. The Kier molecular flexibility index (Phi) is 8.88. The minimum atomic E-state index is -4.30. The summed E-state index contributed by atoms with van der Waals surface area (Å²) in [5.41, 5.74) is 1.24. The van der Waals surface area contributed by atoms with Crippen LogP contribution in [0.25, 0.3) is 10.8 Å². The topological polar surface area (TPSA) is 144 Å². The highest BCUT2D eigenvalue weighted by Crippen LogP contribution is 2.35. The van der Waals surface area contributed by atoms with Gasteiger partial charge in [0.05, 0.1) is 29.9 Å². The maximum absolute atomic E-state index is 13.8. The van der Waals surface area contributed by atoms with E-state index < -0.39 is 22.0 Å². The number of hydrazine groups is 1. The van der Waals surface area contributed by atoms with Crippen molar-refractivity contribution in [3.63, 3.8) is 0 Å². The maximum atomic E-state index is 13.8. The van der Waals surface area contributed by atoms with Crippen LogP contribution in [0.1, 0.15) is 37.9 Å². The van der Waals surface area contributed by atoms with Gasteiger partial charge in [-0.1, -0.05) is 24.3 Å². The molecule has 11 heteroatoms. The summed E-state index contributed by atoms with van der Waals surface area (Å²) in [6.07, 6.45) is 3.23. The van der Waals surface area contributed by atoms with Crippen LogP contribution in [0.2, 0.25) is 0 Å². The molecule has 40 heavy (non-hydrogen) atoms. The molecule has 0 saturated heterocycles. The number of hydrogen-bond acceptors (Lipinski definition) is 9. The van der Waals surface area contributed by atoms with Crippen LogP contribution in [0.5, 0.6) is 11.5 Å². The minimum absolute atomic E-state index is 0.123. The van der Waals surface area contributed by atoms with Gasteiger partial charge in [0.1, 0.15) is 6.04 Å². The predicted molar refractivity (Wildman–Crippen MR) is 152 cm³/mol. The second kappa shape index (κ2) is 12.3. The van der Waals surface area contributed by atoms with Gasteiger partial charge in [-0.15, -0.1) is 0 Å². The van der Waals surface area contributed by atoms with Crippen molar-refractivity contribution in [2.75, 3.05) is 11.6 Å². The number of amides is 1. The van der Waals surface area contributed by atoms with Crippen molar-refractivity contribution < 1.29 is 27.8 Å². The molecule has 1 unspecified atom stereocenters. The molecule has 4 rings (SSSR count). The number of carbonyl (C=O) groups is 1. The number of hydrogen-bond donors (Lipinski definition) is 3. The summed E-state index contributed by atoms with van der Waals surface area (Å²) in [7, 11) is -4.30. The molecular weight excluding hydrogens is 532 g/mol. The number of aliphatic hydroxyl groups is 1. The van der Waals surface area contributed by atoms with Gasteiger partial charge < -0.3 is 14.6 Å². The molecule has 0 aliphatic rings. The first-order valence-electron chi connectivity index (χ1n) is 12.7. The lowest BCUT2D eigenvalue weighted by molar-refractivity contribution is -0.120. The van der Waals surface area contributed by atoms with Crippen molar-refractivity contribution >= 4 is 32.4 Å². The van der Waals surface area contributed by atoms with Crippen LogP contribution in [-0.2, 0) is 21.4 Å². The smallest absolute Gasteiger partial charge is 0.264 e. The fourth-order valence-electron chi connectivity index (χ4n) is 4.19. The van der Waals surface area contributed by atoms with Gasteiger partial charge >= 0.3 is 0 Å². The summed E-state index contributed by atoms with van der Waals surface area (Å²) < 4.78 is 40.2. The number of nitrogens with two attached hydrogens (primary N) is 1. The molecular formula is C29H32N4O6S. The number of nitrogens with zero attached hydrogens (tertiary/aromatic N) is 2. The molecule has 0 aliphatic carbocycles. The number of pyridine rings is 1. The second-order valence-electron chi connectivity index (χ2n) is 9.30. The standard InChI is InChI=1S/C29H32N4O6S/c1-4-38-27-16-22(9-11-26(27)39-19(2)3)28(33(30)24-10-8-23-17-31-13-12-21(23)15-24)29(35)32-40(36,37)25-7-5-6-20(14-25)18-34/h5-17,19,28,34H,4,18,30H2,1-3H3,(H,32,35). The normalized spacial score (nSPS) is 12.2. The van der Waals surface area contributed by atoms with Crippen LogP contribution in [-0.4, -0.2) is 37.1 Å². The van der Waals surface area contributed by atoms with Gasteiger partial charge in [-0.3, -0.25) is 14.8 Å². The Bertz CT molecular complexity index is 1610. The monoisotopic (exact) mass is 564 g/mol. The number of sulfonamides is 1. The van der Waals surface area contributed by atoms with E-state index in [2.05, 4.69) is 9.71 Å². The van der Waals surface area contributed by atoms with Crippen LogP contribution < -0.4 is 25.0 Å². The number of fused-ring (bicyclic) bond motifs is 1. The van der Waals surface area contributed by atoms with Gasteiger partial charge in [0.15, 0.2) is 11.5 Å². The SMILES string of the molecule is CCOc1cc(C(C(=O)NS(=O)(=O)c2cccc(CO)c2)N(N)c2ccc3cnccc3c2)ccc1OC(C)C. The van der Waals surface area contributed by atoms with E-state index in [1.807, 2.05) is 32.9 Å². The lowest BCUT2D eigenvalue weighted by Gasteiger charge is -2.29. The minimum Gasteiger partial charge on any atom is -0.490 e. The van der Waals surface area contributed by atoms with Crippen LogP contribution in [0, 0.1) is 0 Å². The molecule has 3 aromatic carbocycles. The van der Waals surface area contributed by atoms with Crippen LogP contribution in [0.3, 0.4) is 0 Å². The lowest BCUT2D eigenvalue weighted by Crippen LogP contribution is -2.46. The van der Waals surface area contributed by atoms with Crippen LogP contribution >= 0.6 is 0 Å². The molecule has 0 radical (unpaired) electrons. The van der Waals surface area contributed by atoms with E-state index in [1.165, 1.54) is 23.2 Å². The number of rotatable bonds is 11. The molecule has 4 N–H and O–H groups in total. The zero-order chi connectivity index (χ0) is 28.9. The van der Waals surface area contributed by atoms with E-state index in [9.17, 15) is 18.3 Å². The number of carbonyl (C=O) groups excluding carboxylic acids is 1. The Labute approximate surface area is 233 Å². The number of benzene rings is 3. The number of anilines is 1. The van der Waals surface area contributed by atoms with Crippen LogP contribution in [0.4, 0.5) is 5.69 Å². The average Bonchev–Trinajstić information content (AvgIpc) is 2.93. The highest BCUT2D eigenvalue weighted by atomic mass is 32.2. The first kappa shape index (κ1) is 28.8.